The van der Waals surface area contributed by atoms with Crippen LogP contribution < -0.4 is 4.31 Å². The van der Waals surface area contributed by atoms with Crippen LogP contribution in [0.4, 0.5) is 5.69 Å². The van der Waals surface area contributed by atoms with E-state index in [9.17, 15) is 8.42 Å². The van der Waals surface area contributed by atoms with Gasteiger partial charge in [0.15, 0.2) is 0 Å². The normalized spacial score (nSPS) is 11.8. The van der Waals surface area contributed by atoms with E-state index in [0.29, 0.717) is 25.2 Å². The lowest BCUT2D eigenvalue weighted by Crippen LogP contribution is -2.42. The van der Waals surface area contributed by atoms with E-state index >= 15 is 0 Å². The lowest BCUT2D eigenvalue weighted by molar-refractivity contribution is 0.275. The van der Waals surface area contributed by atoms with Crippen molar-refractivity contribution in [3.8, 4) is 0 Å². The van der Waals surface area contributed by atoms with Gasteiger partial charge in [-0.05, 0) is 38.0 Å². The molecule has 1 N–H and O–H groups in total. The first-order chi connectivity index (χ1) is 8.93. The van der Waals surface area contributed by atoms with Gasteiger partial charge < -0.3 is 5.11 Å². The topological polar surface area (TPSA) is 60.9 Å². The molecule has 0 saturated carbocycles. The van der Waals surface area contributed by atoms with Gasteiger partial charge in [-0.15, -0.1) is 0 Å². The van der Waals surface area contributed by atoms with Crippen LogP contribution in [0.15, 0.2) is 24.3 Å². The maximum Gasteiger partial charge on any atom is 0.303 e. The van der Waals surface area contributed by atoms with E-state index in [1.807, 2.05) is 25.1 Å². The number of hydrogen-bond acceptors (Lipinski definition) is 3. The monoisotopic (exact) mass is 286 g/mol. The Labute approximate surface area is 115 Å². The van der Waals surface area contributed by atoms with E-state index in [1.54, 1.807) is 13.0 Å². The molecule has 0 fully saturated rings. The summed E-state index contributed by atoms with van der Waals surface area (Å²) in [5.41, 5.74) is 1.68. The molecule has 5 nitrogen and oxygen atoms in total. The van der Waals surface area contributed by atoms with Gasteiger partial charge in [-0.3, -0.25) is 4.31 Å². The third-order valence-electron chi connectivity index (χ3n) is 2.88. The molecule has 1 aromatic rings. The second-order valence-electron chi connectivity index (χ2n) is 4.41. The zero-order chi connectivity index (χ0) is 14.5. The minimum absolute atomic E-state index is 0.0174. The molecule has 0 aliphatic rings. The SMILES string of the molecule is CCN(c1cccc(C)c1)S(=O)(=O)N(C)CCCO. The highest BCUT2D eigenvalue weighted by atomic mass is 32.2. The largest absolute Gasteiger partial charge is 0.396 e. The van der Waals surface area contributed by atoms with E-state index in [0.717, 1.165) is 5.56 Å². The Balaban J connectivity index is 3.01. The Hall–Kier alpha value is -1.11. The number of aliphatic hydroxyl groups excluding tert-OH is 1. The standard InChI is InChI=1S/C13H22N2O3S/c1-4-15(13-8-5-7-12(2)11-13)19(17,18)14(3)9-6-10-16/h5,7-8,11,16H,4,6,9-10H2,1-3H3. The summed E-state index contributed by atoms with van der Waals surface area (Å²) in [6, 6.07) is 7.41. The van der Waals surface area contributed by atoms with Gasteiger partial charge in [-0.2, -0.15) is 12.7 Å². The fourth-order valence-corrected chi connectivity index (χ4v) is 3.24. The molecule has 0 aliphatic heterocycles. The van der Waals surface area contributed by atoms with Crippen molar-refractivity contribution in [1.82, 2.24) is 4.31 Å². The third-order valence-corrected chi connectivity index (χ3v) is 4.88. The summed E-state index contributed by atoms with van der Waals surface area (Å²) in [4.78, 5) is 0. The molecule has 0 heterocycles. The van der Waals surface area contributed by atoms with Crippen molar-refractivity contribution >= 4 is 15.9 Å². The Morgan fingerprint density at radius 2 is 2.00 bits per heavy atom. The molecule has 1 aromatic carbocycles. The van der Waals surface area contributed by atoms with E-state index in [2.05, 4.69) is 0 Å². The lowest BCUT2D eigenvalue weighted by Gasteiger charge is -2.28. The maximum atomic E-state index is 12.4. The molecule has 1 rings (SSSR count). The van der Waals surface area contributed by atoms with Gasteiger partial charge in [0.1, 0.15) is 0 Å². The predicted octanol–water partition coefficient (Wildman–Crippen LogP) is 1.38. The molecule has 0 saturated heterocycles. The van der Waals surface area contributed by atoms with Gasteiger partial charge >= 0.3 is 10.2 Å². The molecule has 0 aromatic heterocycles. The zero-order valence-electron chi connectivity index (χ0n) is 11.7. The number of aryl methyl sites for hydroxylation is 1. The van der Waals surface area contributed by atoms with Crippen molar-refractivity contribution in [2.75, 3.05) is 31.0 Å². The molecule has 0 radical (unpaired) electrons. The van der Waals surface area contributed by atoms with Gasteiger partial charge in [-0.1, -0.05) is 12.1 Å². The molecule has 6 heteroatoms. The van der Waals surface area contributed by atoms with Crippen molar-refractivity contribution in [3.05, 3.63) is 29.8 Å². The minimum Gasteiger partial charge on any atom is -0.396 e. The van der Waals surface area contributed by atoms with E-state index < -0.39 is 10.2 Å². The van der Waals surface area contributed by atoms with Crippen molar-refractivity contribution in [2.24, 2.45) is 0 Å². The Kier molecular flexibility index (Phi) is 5.78. The van der Waals surface area contributed by atoms with Gasteiger partial charge in [0.05, 0.1) is 5.69 Å². The van der Waals surface area contributed by atoms with Crippen LogP contribution in [0.3, 0.4) is 0 Å². The van der Waals surface area contributed by atoms with Crippen molar-refractivity contribution in [3.63, 3.8) is 0 Å². The van der Waals surface area contributed by atoms with Crippen molar-refractivity contribution < 1.29 is 13.5 Å². The maximum absolute atomic E-state index is 12.4. The van der Waals surface area contributed by atoms with Gasteiger partial charge in [0, 0.05) is 26.7 Å². The quantitative estimate of drug-likeness (QED) is 0.824. The summed E-state index contributed by atoms with van der Waals surface area (Å²) in [6.45, 7) is 4.39. The summed E-state index contributed by atoms with van der Waals surface area (Å²) in [7, 11) is -2.01. The molecule has 19 heavy (non-hydrogen) atoms. The molecule has 0 amide bonds. The lowest BCUT2D eigenvalue weighted by atomic mass is 10.2. The second-order valence-corrected chi connectivity index (χ2v) is 6.37. The molecule has 0 bridgehead atoms. The van der Waals surface area contributed by atoms with Gasteiger partial charge in [0.2, 0.25) is 0 Å². The summed E-state index contributed by atoms with van der Waals surface area (Å²) in [5.74, 6) is 0. The Morgan fingerprint density at radius 3 is 2.53 bits per heavy atom. The van der Waals surface area contributed by atoms with Crippen molar-refractivity contribution in [1.29, 1.82) is 0 Å². The number of anilines is 1. The minimum atomic E-state index is -3.54. The van der Waals surface area contributed by atoms with Crippen LogP contribution in [-0.4, -0.2) is 44.6 Å². The van der Waals surface area contributed by atoms with E-state index in [-0.39, 0.29) is 6.61 Å². The van der Waals surface area contributed by atoms with E-state index in [4.69, 9.17) is 5.11 Å². The highest BCUT2D eigenvalue weighted by Gasteiger charge is 2.25. The van der Waals surface area contributed by atoms with Gasteiger partial charge in [-0.25, -0.2) is 0 Å². The first kappa shape index (κ1) is 15.9. The first-order valence-corrected chi connectivity index (χ1v) is 7.74. The Bertz CT molecular complexity index is 502. The predicted molar refractivity (Wildman–Crippen MR) is 77.5 cm³/mol. The fourth-order valence-electron chi connectivity index (χ4n) is 1.84. The molecule has 0 atom stereocenters. The second kappa shape index (κ2) is 6.88. The number of nitrogens with zero attached hydrogens (tertiary/aromatic N) is 2. The summed E-state index contributed by atoms with van der Waals surface area (Å²) >= 11 is 0. The van der Waals surface area contributed by atoms with Crippen LogP contribution in [0.25, 0.3) is 0 Å². The average Bonchev–Trinajstić information content (AvgIpc) is 2.36. The summed E-state index contributed by atoms with van der Waals surface area (Å²) < 4.78 is 27.5. The fraction of sp³-hybridized carbons (Fsp3) is 0.538. The first-order valence-electron chi connectivity index (χ1n) is 6.35. The molecule has 0 unspecified atom stereocenters. The van der Waals surface area contributed by atoms with Crippen LogP contribution >= 0.6 is 0 Å². The molecule has 108 valence electrons. The third kappa shape index (κ3) is 3.92. The van der Waals surface area contributed by atoms with Gasteiger partial charge in [0.25, 0.3) is 0 Å². The number of hydrogen-bond donors (Lipinski definition) is 1. The van der Waals surface area contributed by atoms with Crippen LogP contribution in [0.1, 0.15) is 18.9 Å². The highest BCUT2D eigenvalue weighted by Crippen LogP contribution is 2.20. The molecule has 0 spiro atoms. The summed E-state index contributed by atoms with van der Waals surface area (Å²) in [6.07, 6.45) is 0.432. The Morgan fingerprint density at radius 1 is 1.32 bits per heavy atom. The average molecular weight is 286 g/mol. The van der Waals surface area contributed by atoms with Crippen LogP contribution in [-0.2, 0) is 10.2 Å². The molecule has 0 aliphatic carbocycles. The van der Waals surface area contributed by atoms with Crippen LogP contribution in [0.5, 0.6) is 0 Å². The van der Waals surface area contributed by atoms with Crippen LogP contribution in [0, 0.1) is 6.92 Å². The zero-order valence-corrected chi connectivity index (χ0v) is 12.5. The highest BCUT2D eigenvalue weighted by molar-refractivity contribution is 7.90. The smallest absolute Gasteiger partial charge is 0.303 e. The van der Waals surface area contributed by atoms with Crippen molar-refractivity contribution in [2.45, 2.75) is 20.3 Å². The molecular weight excluding hydrogens is 264 g/mol. The number of aliphatic hydroxyl groups is 1. The van der Waals surface area contributed by atoms with E-state index in [1.165, 1.54) is 15.7 Å². The summed E-state index contributed by atoms with van der Waals surface area (Å²) in [5, 5.41) is 8.79. The van der Waals surface area contributed by atoms with Crippen LogP contribution in [0.2, 0.25) is 0 Å². The molecular formula is C13H22N2O3S. The number of benzene rings is 1. The number of rotatable bonds is 7.